The van der Waals surface area contributed by atoms with Gasteiger partial charge in [0.2, 0.25) is 5.91 Å². The Labute approximate surface area is 164 Å². The molecule has 1 aromatic heterocycles. The summed E-state index contributed by atoms with van der Waals surface area (Å²) in [6.07, 6.45) is 4.23. The van der Waals surface area contributed by atoms with Crippen LogP contribution in [0.4, 0.5) is 0 Å². The van der Waals surface area contributed by atoms with Gasteiger partial charge < -0.3 is 10.2 Å². The first-order valence-corrected chi connectivity index (χ1v) is 9.70. The van der Waals surface area contributed by atoms with E-state index in [4.69, 9.17) is 0 Å². The van der Waals surface area contributed by atoms with Gasteiger partial charge >= 0.3 is 0 Å². The highest BCUT2D eigenvalue weighted by Gasteiger charge is 2.28. The number of nitrogens with zero attached hydrogens (tertiary/aromatic N) is 2. The number of hydrogen-bond donors (Lipinski definition) is 1. The fraction of sp³-hybridized carbons (Fsp3) is 0.261. The molecule has 0 spiro atoms. The van der Waals surface area contributed by atoms with Gasteiger partial charge in [-0.15, -0.1) is 0 Å². The first-order chi connectivity index (χ1) is 13.7. The smallest absolute Gasteiger partial charge is 0.252 e. The molecule has 5 nitrogen and oxygen atoms in total. The lowest BCUT2D eigenvalue weighted by Gasteiger charge is -2.24. The quantitative estimate of drug-likeness (QED) is 0.747. The molecule has 2 amide bonds. The summed E-state index contributed by atoms with van der Waals surface area (Å²) in [4.78, 5) is 32.3. The monoisotopic (exact) mass is 373 g/mol. The second kappa shape index (κ2) is 8.21. The number of hydrogen-bond acceptors (Lipinski definition) is 3. The number of fused-ring (bicyclic) bond motifs is 1. The molecule has 5 heteroatoms. The van der Waals surface area contributed by atoms with Crippen LogP contribution in [0.15, 0.2) is 66.9 Å². The third-order valence-corrected chi connectivity index (χ3v) is 5.19. The van der Waals surface area contributed by atoms with Gasteiger partial charge in [-0.3, -0.25) is 14.6 Å². The van der Waals surface area contributed by atoms with Gasteiger partial charge in [-0.25, -0.2) is 0 Å². The fourth-order valence-electron chi connectivity index (χ4n) is 3.75. The van der Waals surface area contributed by atoms with Crippen LogP contribution in [0.25, 0.3) is 10.9 Å². The first-order valence-electron chi connectivity index (χ1n) is 9.70. The van der Waals surface area contributed by atoms with Crippen molar-refractivity contribution in [3.05, 3.63) is 78.0 Å². The van der Waals surface area contributed by atoms with Gasteiger partial charge in [0.25, 0.3) is 5.91 Å². The third kappa shape index (κ3) is 3.88. The molecule has 1 fully saturated rings. The van der Waals surface area contributed by atoms with Crippen LogP contribution in [0, 0.1) is 0 Å². The molecule has 142 valence electrons. The lowest BCUT2D eigenvalue weighted by atomic mass is 10.0. The van der Waals surface area contributed by atoms with Crippen LogP contribution in [0.1, 0.15) is 28.8 Å². The van der Waals surface area contributed by atoms with Gasteiger partial charge in [-0.2, -0.15) is 0 Å². The maximum absolute atomic E-state index is 13.1. The van der Waals surface area contributed by atoms with Crippen LogP contribution >= 0.6 is 0 Å². The topological polar surface area (TPSA) is 62.3 Å². The van der Waals surface area contributed by atoms with Gasteiger partial charge in [-0.05, 0) is 36.6 Å². The molecular formula is C23H23N3O2. The summed E-state index contributed by atoms with van der Waals surface area (Å²) in [5.41, 5.74) is 2.33. The molecule has 2 aromatic carbocycles. The van der Waals surface area contributed by atoms with E-state index in [9.17, 15) is 9.59 Å². The molecule has 1 saturated heterocycles. The maximum atomic E-state index is 13.1. The number of nitrogens with one attached hydrogen (secondary N) is 1. The summed E-state index contributed by atoms with van der Waals surface area (Å²) < 4.78 is 0. The lowest BCUT2D eigenvalue weighted by molar-refractivity contribution is -0.132. The van der Waals surface area contributed by atoms with E-state index >= 15 is 0 Å². The number of likely N-dealkylation sites (tertiary alicyclic amines) is 1. The van der Waals surface area contributed by atoms with E-state index in [2.05, 4.69) is 10.3 Å². The summed E-state index contributed by atoms with van der Waals surface area (Å²) in [6.45, 7) is 1.52. The Kier molecular flexibility index (Phi) is 5.33. The Hall–Kier alpha value is -3.21. The molecule has 4 rings (SSSR count). The zero-order chi connectivity index (χ0) is 19.3. The Morgan fingerprint density at radius 1 is 0.964 bits per heavy atom. The summed E-state index contributed by atoms with van der Waals surface area (Å²) in [6, 6.07) is 18.4. The number of carbonyl (C=O) groups excluding carboxylic acids is 2. The van der Waals surface area contributed by atoms with Gasteiger partial charge in [0.1, 0.15) is 6.04 Å². The zero-order valence-electron chi connectivity index (χ0n) is 15.7. The second-order valence-corrected chi connectivity index (χ2v) is 7.12. The molecule has 0 aliphatic carbocycles. The van der Waals surface area contributed by atoms with E-state index in [-0.39, 0.29) is 11.8 Å². The van der Waals surface area contributed by atoms with Crippen molar-refractivity contribution in [1.29, 1.82) is 0 Å². The Morgan fingerprint density at radius 2 is 1.75 bits per heavy atom. The van der Waals surface area contributed by atoms with E-state index < -0.39 is 6.04 Å². The molecule has 1 aliphatic heterocycles. The first kappa shape index (κ1) is 18.2. The number of benzene rings is 2. The molecule has 0 saturated carbocycles. The van der Waals surface area contributed by atoms with E-state index in [0.717, 1.165) is 42.4 Å². The van der Waals surface area contributed by atoms with E-state index in [1.165, 1.54) is 0 Å². The molecule has 1 N–H and O–H groups in total. The highest BCUT2D eigenvalue weighted by Crippen LogP contribution is 2.18. The predicted octanol–water partition coefficient (Wildman–Crippen LogP) is 3.20. The Bertz CT molecular complexity index is 976. The van der Waals surface area contributed by atoms with Gasteiger partial charge in [0, 0.05) is 36.7 Å². The summed E-state index contributed by atoms with van der Waals surface area (Å²) in [5, 5.41) is 3.78. The van der Waals surface area contributed by atoms with Gasteiger partial charge in [0.15, 0.2) is 0 Å². The van der Waals surface area contributed by atoms with Crippen molar-refractivity contribution in [2.45, 2.75) is 25.3 Å². The second-order valence-electron chi connectivity index (χ2n) is 7.12. The van der Waals surface area contributed by atoms with Crippen molar-refractivity contribution in [1.82, 2.24) is 15.2 Å². The number of pyridine rings is 1. The van der Waals surface area contributed by atoms with E-state index in [0.29, 0.717) is 12.0 Å². The highest BCUT2D eigenvalue weighted by atomic mass is 16.2. The van der Waals surface area contributed by atoms with Crippen LogP contribution in [-0.4, -0.2) is 40.8 Å². The molecule has 1 unspecified atom stereocenters. The van der Waals surface area contributed by atoms with Crippen molar-refractivity contribution >= 4 is 22.7 Å². The summed E-state index contributed by atoms with van der Waals surface area (Å²) in [7, 11) is 0. The van der Waals surface area contributed by atoms with Gasteiger partial charge in [-0.1, -0.05) is 42.5 Å². The van der Waals surface area contributed by atoms with Crippen molar-refractivity contribution in [2.75, 3.05) is 13.1 Å². The molecule has 0 radical (unpaired) electrons. The van der Waals surface area contributed by atoms with E-state index in [1.54, 1.807) is 12.3 Å². The average Bonchev–Trinajstić information content (AvgIpc) is 3.28. The fourth-order valence-corrected chi connectivity index (χ4v) is 3.75. The van der Waals surface area contributed by atoms with Crippen LogP contribution < -0.4 is 5.32 Å². The van der Waals surface area contributed by atoms with Crippen LogP contribution in [0.3, 0.4) is 0 Å². The van der Waals surface area contributed by atoms with Crippen molar-refractivity contribution in [3.63, 3.8) is 0 Å². The molecular weight excluding hydrogens is 350 g/mol. The molecule has 1 aliphatic rings. The zero-order valence-corrected chi connectivity index (χ0v) is 15.7. The minimum absolute atomic E-state index is 0.00642. The van der Waals surface area contributed by atoms with Crippen molar-refractivity contribution in [3.8, 4) is 0 Å². The highest BCUT2D eigenvalue weighted by molar-refractivity contribution is 6.07. The third-order valence-electron chi connectivity index (χ3n) is 5.19. The number of rotatable bonds is 5. The SMILES string of the molecule is O=C(NC(Cc1ccccc1)C(=O)N1CCCC1)c1cccc2ncccc12. The van der Waals surface area contributed by atoms with E-state index in [1.807, 2.05) is 59.5 Å². The average molecular weight is 373 g/mol. The molecule has 3 aromatic rings. The summed E-state index contributed by atoms with van der Waals surface area (Å²) >= 11 is 0. The predicted molar refractivity (Wildman–Crippen MR) is 109 cm³/mol. The number of carbonyl (C=O) groups is 2. The standard InChI is InChI=1S/C23H23N3O2/c27-22(19-10-6-12-20-18(19)11-7-13-24-20)25-21(16-17-8-2-1-3-9-17)23(28)26-14-4-5-15-26/h1-3,6-13,21H,4-5,14-16H2,(H,25,27). The van der Waals surface area contributed by atoms with Crippen molar-refractivity contribution in [2.24, 2.45) is 0 Å². The number of amides is 2. The summed E-state index contributed by atoms with van der Waals surface area (Å²) in [5.74, 6) is -0.250. The maximum Gasteiger partial charge on any atom is 0.252 e. The Balaban J connectivity index is 1.60. The van der Waals surface area contributed by atoms with Crippen LogP contribution in [0.2, 0.25) is 0 Å². The van der Waals surface area contributed by atoms with Crippen molar-refractivity contribution < 1.29 is 9.59 Å². The minimum Gasteiger partial charge on any atom is -0.341 e. The number of aromatic nitrogens is 1. The normalized spacial score (nSPS) is 14.8. The molecule has 2 heterocycles. The van der Waals surface area contributed by atoms with Gasteiger partial charge in [0.05, 0.1) is 5.52 Å². The largest absolute Gasteiger partial charge is 0.341 e. The van der Waals surface area contributed by atoms with Crippen LogP contribution in [0.5, 0.6) is 0 Å². The molecule has 0 bridgehead atoms. The molecule has 28 heavy (non-hydrogen) atoms. The Morgan fingerprint density at radius 3 is 2.54 bits per heavy atom. The lowest BCUT2D eigenvalue weighted by Crippen LogP contribution is -2.49. The van der Waals surface area contributed by atoms with Crippen LogP contribution in [-0.2, 0) is 11.2 Å². The minimum atomic E-state index is -0.583. The molecule has 1 atom stereocenters.